The van der Waals surface area contributed by atoms with Crippen molar-refractivity contribution in [2.24, 2.45) is 14.1 Å². The zero-order valence-electron chi connectivity index (χ0n) is 13.4. The Balaban J connectivity index is 1.78. The van der Waals surface area contributed by atoms with Crippen LogP contribution in [0.15, 0.2) is 0 Å². The van der Waals surface area contributed by atoms with Gasteiger partial charge in [0.1, 0.15) is 0 Å². The van der Waals surface area contributed by atoms with Crippen LogP contribution in [0.25, 0.3) is 0 Å². The molecule has 1 aliphatic heterocycles. The monoisotopic (exact) mass is 303 g/mol. The van der Waals surface area contributed by atoms with Crippen LogP contribution in [0, 0.1) is 13.8 Å². The van der Waals surface area contributed by atoms with Crippen LogP contribution in [0.1, 0.15) is 38.7 Å². The number of ether oxygens (including phenoxy) is 1. The summed E-state index contributed by atoms with van der Waals surface area (Å²) in [6.07, 6.45) is 0.799. The Bertz CT molecular complexity index is 729. The Morgan fingerprint density at radius 3 is 2.73 bits per heavy atom. The Morgan fingerprint density at radius 2 is 2.05 bits per heavy atom. The topological polar surface area (TPSA) is 74.0 Å². The molecule has 0 aromatic carbocycles. The van der Waals surface area contributed by atoms with Crippen LogP contribution in [0.3, 0.4) is 0 Å². The van der Waals surface area contributed by atoms with Crippen LogP contribution < -0.4 is 5.32 Å². The number of amides is 1. The van der Waals surface area contributed by atoms with Gasteiger partial charge in [0.25, 0.3) is 5.91 Å². The molecule has 0 aliphatic carbocycles. The van der Waals surface area contributed by atoms with E-state index in [4.69, 9.17) is 4.74 Å². The summed E-state index contributed by atoms with van der Waals surface area (Å²) in [5.41, 5.74) is 5.51. The molecule has 22 heavy (non-hydrogen) atoms. The number of rotatable bonds is 3. The highest BCUT2D eigenvalue weighted by Crippen LogP contribution is 2.20. The minimum atomic E-state index is -0.162. The molecule has 3 heterocycles. The first-order valence-corrected chi connectivity index (χ1v) is 7.38. The molecule has 7 heteroatoms. The maximum atomic E-state index is 12.5. The predicted molar refractivity (Wildman–Crippen MR) is 80.4 cm³/mol. The van der Waals surface area contributed by atoms with Gasteiger partial charge in [-0.1, -0.05) is 0 Å². The number of nitrogens with one attached hydrogen (secondary N) is 1. The van der Waals surface area contributed by atoms with E-state index < -0.39 is 0 Å². The lowest BCUT2D eigenvalue weighted by atomic mass is 10.1. The van der Waals surface area contributed by atoms with Gasteiger partial charge >= 0.3 is 0 Å². The van der Waals surface area contributed by atoms with Gasteiger partial charge in [-0.3, -0.25) is 14.2 Å². The number of aromatic nitrogens is 4. The summed E-state index contributed by atoms with van der Waals surface area (Å²) in [6, 6.07) is 0. The van der Waals surface area contributed by atoms with Crippen LogP contribution in [-0.4, -0.2) is 32.1 Å². The Morgan fingerprint density at radius 1 is 1.27 bits per heavy atom. The van der Waals surface area contributed by atoms with E-state index in [9.17, 15) is 4.79 Å². The van der Waals surface area contributed by atoms with Crippen LogP contribution in [0.2, 0.25) is 0 Å². The van der Waals surface area contributed by atoms with Crippen molar-refractivity contribution < 1.29 is 9.53 Å². The SMILES string of the molecule is Cc1nn(C)c(C)c1CNC(=O)c1nn(C)c2c1COCC2. The summed E-state index contributed by atoms with van der Waals surface area (Å²) in [5, 5.41) is 11.7. The third-order valence-corrected chi connectivity index (χ3v) is 4.30. The van der Waals surface area contributed by atoms with Gasteiger partial charge in [-0.2, -0.15) is 10.2 Å². The maximum absolute atomic E-state index is 12.5. The highest BCUT2D eigenvalue weighted by Gasteiger charge is 2.24. The van der Waals surface area contributed by atoms with Crippen molar-refractivity contribution in [2.75, 3.05) is 6.61 Å². The summed E-state index contributed by atoms with van der Waals surface area (Å²) in [4.78, 5) is 12.5. The molecule has 0 bridgehead atoms. The summed E-state index contributed by atoms with van der Waals surface area (Å²) in [5.74, 6) is -0.162. The number of carbonyl (C=O) groups is 1. The van der Waals surface area contributed by atoms with E-state index in [0.717, 1.165) is 34.6 Å². The minimum Gasteiger partial charge on any atom is -0.376 e. The zero-order valence-corrected chi connectivity index (χ0v) is 13.4. The molecule has 0 saturated carbocycles. The molecule has 7 nitrogen and oxygen atoms in total. The van der Waals surface area contributed by atoms with Crippen LogP contribution in [0.4, 0.5) is 0 Å². The van der Waals surface area contributed by atoms with E-state index in [1.54, 1.807) is 4.68 Å². The van der Waals surface area contributed by atoms with Gasteiger partial charge in [0, 0.05) is 49.6 Å². The Kier molecular flexibility index (Phi) is 3.74. The molecule has 2 aromatic heterocycles. The van der Waals surface area contributed by atoms with Crippen molar-refractivity contribution in [3.8, 4) is 0 Å². The molecule has 0 radical (unpaired) electrons. The second-order valence-electron chi connectivity index (χ2n) is 5.66. The average Bonchev–Trinajstić information content (AvgIpc) is 2.96. The van der Waals surface area contributed by atoms with E-state index in [1.807, 2.05) is 32.6 Å². The van der Waals surface area contributed by atoms with Crippen LogP contribution in [-0.2, 0) is 38.4 Å². The molecule has 118 valence electrons. The van der Waals surface area contributed by atoms with Crippen LogP contribution in [0.5, 0.6) is 0 Å². The lowest BCUT2D eigenvalue weighted by Crippen LogP contribution is -2.25. The molecule has 1 N–H and O–H groups in total. The average molecular weight is 303 g/mol. The minimum absolute atomic E-state index is 0.162. The van der Waals surface area contributed by atoms with Crippen LogP contribution >= 0.6 is 0 Å². The molecule has 0 saturated heterocycles. The smallest absolute Gasteiger partial charge is 0.272 e. The Labute approximate surface area is 129 Å². The standard InChI is InChI=1S/C15H21N5O2/c1-9-11(10(2)19(3)17-9)7-16-15(21)14-12-8-22-6-5-13(12)20(4)18-14/h5-8H2,1-4H3,(H,16,21). The number of aryl methyl sites for hydroxylation is 3. The normalized spacial score (nSPS) is 14.0. The number of nitrogens with zero attached hydrogens (tertiary/aromatic N) is 4. The van der Waals surface area contributed by atoms with Gasteiger partial charge in [-0.15, -0.1) is 0 Å². The molecular formula is C15H21N5O2. The summed E-state index contributed by atoms with van der Waals surface area (Å²) in [6.45, 7) is 5.54. The van der Waals surface area contributed by atoms with E-state index in [2.05, 4.69) is 15.5 Å². The number of fused-ring (bicyclic) bond motifs is 1. The second kappa shape index (κ2) is 5.57. The van der Waals surface area contributed by atoms with Gasteiger partial charge in [-0.25, -0.2) is 0 Å². The van der Waals surface area contributed by atoms with Gasteiger partial charge in [0.15, 0.2) is 5.69 Å². The fourth-order valence-corrected chi connectivity index (χ4v) is 2.92. The zero-order chi connectivity index (χ0) is 15.9. The first-order chi connectivity index (χ1) is 10.5. The highest BCUT2D eigenvalue weighted by molar-refractivity contribution is 5.94. The first kappa shape index (κ1) is 14.8. The molecule has 2 aromatic rings. The fourth-order valence-electron chi connectivity index (χ4n) is 2.92. The van der Waals surface area contributed by atoms with E-state index in [-0.39, 0.29) is 5.91 Å². The second-order valence-corrected chi connectivity index (χ2v) is 5.66. The van der Waals surface area contributed by atoms with Crippen molar-refractivity contribution in [1.29, 1.82) is 0 Å². The summed E-state index contributed by atoms with van der Waals surface area (Å²) in [7, 11) is 3.77. The number of hydrogen-bond donors (Lipinski definition) is 1. The predicted octanol–water partition coefficient (Wildman–Crippen LogP) is 0.773. The number of carbonyl (C=O) groups excluding carboxylic acids is 1. The highest BCUT2D eigenvalue weighted by atomic mass is 16.5. The lowest BCUT2D eigenvalue weighted by molar-refractivity contribution is 0.0922. The van der Waals surface area contributed by atoms with Gasteiger partial charge < -0.3 is 10.1 Å². The molecule has 0 fully saturated rings. The largest absolute Gasteiger partial charge is 0.376 e. The van der Waals surface area contributed by atoms with Gasteiger partial charge in [0.05, 0.1) is 18.9 Å². The maximum Gasteiger partial charge on any atom is 0.272 e. The molecule has 3 rings (SSSR count). The molecule has 0 atom stereocenters. The lowest BCUT2D eigenvalue weighted by Gasteiger charge is -2.13. The third-order valence-electron chi connectivity index (χ3n) is 4.30. The van der Waals surface area contributed by atoms with E-state index in [0.29, 0.717) is 25.5 Å². The van der Waals surface area contributed by atoms with Gasteiger partial charge in [0.2, 0.25) is 0 Å². The van der Waals surface area contributed by atoms with Crippen molar-refractivity contribution in [2.45, 2.75) is 33.4 Å². The van der Waals surface area contributed by atoms with Crippen molar-refractivity contribution in [3.05, 3.63) is 33.9 Å². The van der Waals surface area contributed by atoms with E-state index >= 15 is 0 Å². The van der Waals surface area contributed by atoms with Crippen molar-refractivity contribution >= 4 is 5.91 Å². The van der Waals surface area contributed by atoms with Crippen molar-refractivity contribution in [3.63, 3.8) is 0 Å². The Hall–Kier alpha value is -2.15. The molecule has 0 unspecified atom stereocenters. The van der Waals surface area contributed by atoms with Crippen molar-refractivity contribution in [1.82, 2.24) is 24.9 Å². The molecule has 0 spiro atoms. The molecule has 1 amide bonds. The van der Waals surface area contributed by atoms with Gasteiger partial charge in [-0.05, 0) is 13.8 Å². The first-order valence-electron chi connectivity index (χ1n) is 7.38. The molecular weight excluding hydrogens is 282 g/mol. The summed E-state index contributed by atoms with van der Waals surface area (Å²) < 4.78 is 9.07. The quantitative estimate of drug-likeness (QED) is 0.909. The van der Waals surface area contributed by atoms with E-state index in [1.165, 1.54) is 0 Å². The number of hydrogen-bond acceptors (Lipinski definition) is 4. The summed E-state index contributed by atoms with van der Waals surface area (Å²) >= 11 is 0. The fraction of sp³-hybridized carbons (Fsp3) is 0.533. The third kappa shape index (κ3) is 2.41. The molecule has 1 aliphatic rings.